The van der Waals surface area contributed by atoms with Crippen LogP contribution < -0.4 is 10.6 Å². The second-order valence-electron chi connectivity index (χ2n) is 7.09. The Kier molecular flexibility index (Phi) is 7.22. The number of likely N-dealkylation sites (tertiary alicyclic amines) is 1. The van der Waals surface area contributed by atoms with Crippen LogP contribution in [0.4, 0.5) is 4.39 Å². The molecule has 2 N–H and O–H groups in total. The van der Waals surface area contributed by atoms with Crippen molar-refractivity contribution in [3.63, 3.8) is 0 Å². The van der Waals surface area contributed by atoms with Crippen LogP contribution >= 0.6 is 0 Å². The number of halogens is 1. The Morgan fingerprint density at radius 2 is 1.89 bits per heavy atom. The lowest BCUT2D eigenvalue weighted by molar-refractivity contribution is 0.328. The molecule has 0 aromatic heterocycles. The minimum atomic E-state index is -0.190. The van der Waals surface area contributed by atoms with Crippen LogP contribution in [0.1, 0.15) is 17.5 Å². The summed E-state index contributed by atoms with van der Waals surface area (Å²) in [6.45, 7) is 4.70. The van der Waals surface area contributed by atoms with Crippen LogP contribution in [-0.4, -0.2) is 44.1 Å². The average Bonchev–Trinajstić information content (AvgIpc) is 3.16. The smallest absolute Gasteiger partial charge is 0.191 e. The lowest BCUT2D eigenvalue weighted by Gasteiger charge is -2.17. The quantitative estimate of drug-likeness (QED) is 0.583. The summed E-state index contributed by atoms with van der Waals surface area (Å²) in [5, 5.41) is 6.58. The van der Waals surface area contributed by atoms with Crippen LogP contribution in [0.5, 0.6) is 0 Å². The van der Waals surface area contributed by atoms with Gasteiger partial charge >= 0.3 is 0 Å². The molecule has 5 heteroatoms. The first-order valence-electron chi connectivity index (χ1n) is 9.69. The minimum Gasteiger partial charge on any atom is -0.356 e. The van der Waals surface area contributed by atoms with Crippen molar-refractivity contribution in [3.8, 4) is 0 Å². The molecule has 0 saturated carbocycles. The normalized spacial score (nSPS) is 17.9. The van der Waals surface area contributed by atoms with E-state index in [-0.39, 0.29) is 5.82 Å². The van der Waals surface area contributed by atoms with Gasteiger partial charge in [-0.1, -0.05) is 48.5 Å². The third-order valence-electron chi connectivity index (χ3n) is 5.12. The Labute approximate surface area is 161 Å². The number of nitrogens with one attached hydrogen (secondary N) is 2. The van der Waals surface area contributed by atoms with Gasteiger partial charge in [-0.15, -0.1) is 0 Å². The number of guanidine groups is 1. The largest absolute Gasteiger partial charge is 0.356 e. The van der Waals surface area contributed by atoms with Crippen molar-refractivity contribution in [2.24, 2.45) is 10.9 Å². The zero-order valence-electron chi connectivity index (χ0n) is 16.0. The fraction of sp³-hybridized carbons (Fsp3) is 0.409. The van der Waals surface area contributed by atoms with E-state index in [2.05, 4.69) is 50.9 Å². The summed E-state index contributed by atoms with van der Waals surface area (Å²) < 4.78 is 13.7. The fourth-order valence-corrected chi connectivity index (χ4v) is 3.50. The molecule has 1 fully saturated rings. The predicted octanol–water partition coefficient (Wildman–Crippen LogP) is 3.06. The zero-order chi connectivity index (χ0) is 18.9. The third-order valence-corrected chi connectivity index (χ3v) is 5.12. The molecule has 1 aliphatic rings. The van der Waals surface area contributed by atoms with E-state index in [1.54, 1.807) is 19.2 Å². The number of hydrogen-bond acceptors (Lipinski definition) is 2. The molecule has 27 heavy (non-hydrogen) atoms. The molecule has 1 heterocycles. The van der Waals surface area contributed by atoms with Gasteiger partial charge in [-0.25, -0.2) is 4.39 Å². The molecule has 1 atom stereocenters. The first-order chi connectivity index (χ1) is 13.2. The number of benzene rings is 2. The average molecular weight is 369 g/mol. The maximum Gasteiger partial charge on any atom is 0.191 e. The van der Waals surface area contributed by atoms with Gasteiger partial charge in [0.15, 0.2) is 5.96 Å². The molecule has 2 aromatic rings. The van der Waals surface area contributed by atoms with Crippen LogP contribution in [-0.2, 0) is 13.0 Å². The first-order valence-corrected chi connectivity index (χ1v) is 9.69. The molecule has 0 spiro atoms. The number of rotatable bonds is 7. The minimum absolute atomic E-state index is 0.190. The molecule has 1 aliphatic heterocycles. The lowest BCUT2D eigenvalue weighted by atomic mass is 10.1. The highest BCUT2D eigenvalue weighted by Crippen LogP contribution is 2.16. The predicted molar refractivity (Wildman–Crippen MR) is 109 cm³/mol. The topological polar surface area (TPSA) is 39.7 Å². The summed E-state index contributed by atoms with van der Waals surface area (Å²) in [6.07, 6.45) is 2.30. The van der Waals surface area contributed by atoms with Gasteiger partial charge in [0.25, 0.3) is 0 Å². The Bertz CT molecular complexity index is 732. The fourth-order valence-electron chi connectivity index (χ4n) is 3.50. The highest BCUT2D eigenvalue weighted by atomic mass is 19.1. The molecule has 2 aromatic carbocycles. The molecule has 0 bridgehead atoms. The van der Waals surface area contributed by atoms with Crippen molar-refractivity contribution in [2.45, 2.75) is 19.4 Å². The molecule has 0 radical (unpaired) electrons. The van der Waals surface area contributed by atoms with E-state index in [0.717, 1.165) is 38.6 Å². The Morgan fingerprint density at radius 1 is 1.11 bits per heavy atom. The highest BCUT2D eigenvalue weighted by molar-refractivity contribution is 5.79. The highest BCUT2D eigenvalue weighted by Gasteiger charge is 2.22. The van der Waals surface area contributed by atoms with Crippen LogP contribution in [0, 0.1) is 11.7 Å². The van der Waals surface area contributed by atoms with E-state index >= 15 is 0 Å². The van der Waals surface area contributed by atoms with Crippen molar-refractivity contribution in [1.29, 1.82) is 0 Å². The van der Waals surface area contributed by atoms with Gasteiger partial charge in [0.2, 0.25) is 0 Å². The standard InChI is InChI=1S/C22H29FN4/c1-24-22(26-16-20-9-5-6-10-21(20)23)25-15-19-12-14-27(17-19)13-11-18-7-3-2-4-8-18/h2-10,19H,11-17H2,1H3,(H2,24,25,26). The van der Waals surface area contributed by atoms with Crippen molar-refractivity contribution < 1.29 is 4.39 Å². The van der Waals surface area contributed by atoms with Crippen LogP contribution in [0.25, 0.3) is 0 Å². The van der Waals surface area contributed by atoms with Gasteiger partial charge in [-0.2, -0.15) is 0 Å². The van der Waals surface area contributed by atoms with Crippen molar-refractivity contribution >= 4 is 5.96 Å². The van der Waals surface area contributed by atoms with Crippen LogP contribution in [0.3, 0.4) is 0 Å². The summed E-state index contributed by atoms with van der Waals surface area (Å²) in [4.78, 5) is 6.78. The molecule has 3 rings (SSSR count). The molecule has 1 saturated heterocycles. The van der Waals surface area contributed by atoms with E-state index < -0.39 is 0 Å². The van der Waals surface area contributed by atoms with E-state index in [1.807, 2.05) is 6.07 Å². The second kappa shape index (κ2) is 10.1. The number of nitrogens with zero attached hydrogens (tertiary/aromatic N) is 2. The molecule has 144 valence electrons. The van der Waals surface area contributed by atoms with Crippen LogP contribution in [0.15, 0.2) is 59.6 Å². The molecule has 0 aliphatic carbocycles. The zero-order valence-corrected chi connectivity index (χ0v) is 16.0. The molecular formula is C22H29FN4. The van der Waals surface area contributed by atoms with Crippen molar-refractivity contribution in [3.05, 3.63) is 71.5 Å². The van der Waals surface area contributed by atoms with Crippen molar-refractivity contribution in [2.75, 3.05) is 33.2 Å². The second-order valence-corrected chi connectivity index (χ2v) is 7.09. The first kappa shape index (κ1) is 19.4. The monoisotopic (exact) mass is 368 g/mol. The van der Waals surface area contributed by atoms with Crippen molar-refractivity contribution in [1.82, 2.24) is 15.5 Å². The molecular weight excluding hydrogens is 339 g/mol. The van der Waals surface area contributed by atoms with Gasteiger partial charge in [0, 0.05) is 38.8 Å². The van der Waals surface area contributed by atoms with Gasteiger partial charge in [0.1, 0.15) is 5.82 Å². The van der Waals surface area contributed by atoms with E-state index in [4.69, 9.17) is 0 Å². The summed E-state index contributed by atoms with van der Waals surface area (Å²) in [6, 6.07) is 17.5. The maximum atomic E-state index is 13.7. The Hall–Kier alpha value is -2.40. The summed E-state index contributed by atoms with van der Waals surface area (Å²) in [5.74, 6) is 1.15. The van der Waals surface area contributed by atoms with E-state index in [1.165, 1.54) is 18.1 Å². The van der Waals surface area contributed by atoms with E-state index in [9.17, 15) is 4.39 Å². The summed E-state index contributed by atoms with van der Waals surface area (Å²) in [7, 11) is 1.75. The number of aliphatic imine (C=N–C) groups is 1. The van der Waals surface area contributed by atoms with Gasteiger partial charge in [-0.3, -0.25) is 4.99 Å². The Morgan fingerprint density at radius 3 is 2.67 bits per heavy atom. The van der Waals surface area contributed by atoms with E-state index in [0.29, 0.717) is 18.0 Å². The third kappa shape index (κ3) is 6.07. The Balaban J connectivity index is 1.37. The molecule has 0 amide bonds. The van der Waals surface area contributed by atoms with Gasteiger partial charge in [-0.05, 0) is 36.9 Å². The summed E-state index contributed by atoms with van der Waals surface area (Å²) in [5.41, 5.74) is 2.05. The number of hydrogen-bond donors (Lipinski definition) is 2. The molecule has 4 nitrogen and oxygen atoms in total. The van der Waals surface area contributed by atoms with Crippen LogP contribution in [0.2, 0.25) is 0 Å². The maximum absolute atomic E-state index is 13.7. The van der Waals surface area contributed by atoms with Gasteiger partial charge in [0.05, 0.1) is 0 Å². The SMILES string of the molecule is CN=C(NCc1ccccc1F)NCC1CCN(CCc2ccccc2)C1. The molecule has 1 unspecified atom stereocenters. The lowest BCUT2D eigenvalue weighted by Crippen LogP contribution is -2.40. The summed E-state index contributed by atoms with van der Waals surface area (Å²) >= 11 is 0. The van der Waals surface area contributed by atoms with Gasteiger partial charge < -0.3 is 15.5 Å².